The first kappa shape index (κ1) is 26.0. The largest absolute Gasteiger partial charge is 0.508 e. The van der Waals surface area contributed by atoms with Gasteiger partial charge in [0, 0.05) is 24.2 Å². The Hall–Kier alpha value is -2.57. The van der Waals surface area contributed by atoms with Crippen molar-refractivity contribution in [1.82, 2.24) is 5.32 Å². The van der Waals surface area contributed by atoms with Gasteiger partial charge in [-0.15, -0.1) is 0 Å². The van der Waals surface area contributed by atoms with E-state index < -0.39 is 11.7 Å². The predicted molar refractivity (Wildman–Crippen MR) is 136 cm³/mol. The molecule has 3 rings (SSSR count). The number of aliphatic hydroxyl groups excluding tert-OH is 1. The highest BCUT2D eigenvalue weighted by Gasteiger charge is 2.43. The average Bonchev–Trinajstić information content (AvgIpc) is 2.79. The lowest BCUT2D eigenvalue weighted by atomic mass is 9.82. The number of aryl methyl sites for hydroxylation is 1. The second-order valence-corrected chi connectivity index (χ2v) is 10.1. The molecule has 2 aromatic rings. The van der Waals surface area contributed by atoms with E-state index in [0.717, 1.165) is 48.1 Å². The first-order valence-corrected chi connectivity index (χ1v) is 12.4. The van der Waals surface area contributed by atoms with Gasteiger partial charge in [0.25, 0.3) is 0 Å². The van der Waals surface area contributed by atoms with Gasteiger partial charge in [0.15, 0.2) is 0 Å². The van der Waals surface area contributed by atoms with Crippen LogP contribution < -0.4 is 10.2 Å². The Kier molecular flexibility index (Phi) is 8.26. The molecule has 0 bridgehead atoms. The highest BCUT2D eigenvalue weighted by molar-refractivity contribution is 5.91. The molecule has 1 amide bonds. The Morgan fingerprint density at radius 2 is 1.79 bits per heavy atom. The summed E-state index contributed by atoms with van der Waals surface area (Å²) in [5.74, 6) is 0.222. The summed E-state index contributed by atoms with van der Waals surface area (Å²) in [7, 11) is 0. The number of amides is 1. The molecule has 0 saturated heterocycles. The van der Waals surface area contributed by atoms with Crippen molar-refractivity contribution in [3.05, 3.63) is 59.2 Å². The fraction of sp³-hybridized carbons (Fsp3) is 0.536. The molecule has 1 aliphatic heterocycles. The maximum atomic E-state index is 13.2. The van der Waals surface area contributed by atoms with Crippen molar-refractivity contribution in [1.29, 1.82) is 0 Å². The molecule has 1 unspecified atom stereocenters. The number of cyclic esters (lactones) is 1. The molecule has 0 aliphatic carbocycles. The van der Waals surface area contributed by atoms with E-state index in [1.807, 2.05) is 25.1 Å². The summed E-state index contributed by atoms with van der Waals surface area (Å²) in [4.78, 5) is 14.9. The normalized spacial score (nSPS) is 16.2. The number of ether oxygens (including phenoxy) is 1. The van der Waals surface area contributed by atoms with Crippen molar-refractivity contribution < 1.29 is 19.7 Å². The summed E-state index contributed by atoms with van der Waals surface area (Å²) in [5.41, 5.74) is 2.67. The van der Waals surface area contributed by atoms with Crippen LogP contribution in [-0.2, 0) is 10.3 Å². The third kappa shape index (κ3) is 5.73. The SMILES string of the molecule is CCCC1(CCC)OC(=O)N(CCC(C)(C)NCC(O)c2ccc(O)c(C)c2)c2ccccc21. The van der Waals surface area contributed by atoms with Crippen LogP contribution in [0.3, 0.4) is 0 Å². The van der Waals surface area contributed by atoms with Gasteiger partial charge in [-0.05, 0) is 69.4 Å². The quantitative estimate of drug-likeness (QED) is 0.380. The van der Waals surface area contributed by atoms with Gasteiger partial charge >= 0.3 is 6.09 Å². The van der Waals surface area contributed by atoms with Crippen molar-refractivity contribution in [3.63, 3.8) is 0 Å². The van der Waals surface area contributed by atoms with Crippen molar-refractivity contribution in [2.45, 2.75) is 84.0 Å². The van der Waals surface area contributed by atoms with Crippen LogP contribution >= 0.6 is 0 Å². The fourth-order valence-electron chi connectivity index (χ4n) is 4.84. The molecule has 0 aromatic heterocycles. The molecule has 6 heteroatoms. The van der Waals surface area contributed by atoms with E-state index >= 15 is 0 Å². The molecular weight excluding hydrogens is 428 g/mol. The van der Waals surface area contributed by atoms with E-state index in [9.17, 15) is 15.0 Å². The number of nitrogens with one attached hydrogen (secondary N) is 1. The first-order chi connectivity index (χ1) is 16.1. The van der Waals surface area contributed by atoms with Gasteiger partial charge in [-0.25, -0.2) is 4.79 Å². The number of carbonyl (C=O) groups is 1. The second-order valence-electron chi connectivity index (χ2n) is 10.1. The molecule has 0 spiro atoms. The van der Waals surface area contributed by atoms with Gasteiger partial charge < -0.3 is 20.3 Å². The molecule has 6 nitrogen and oxygen atoms in total. The summed E-state index contributed by atoms with van der Waals surface area (Å²) in [5, 5.41) is 23.8. The zero-order valence-electron chi connectivity index (χ0n) is 21.2. The minimum atomic E-state index is -0.692. The van der Waals surface area contributed by atoms with Crippen LogP contribution in [0, 0.1) is 6.92 Å². The number of hydrogen-bond acceptors (Lipinski definition) is 5. The number of benzene rings is 2. The number of aromatic hydroxyl groups is 1. The van der Waals surface area contributed by atoms with E-state index in [1.54, 1.807) is 23.1 Å². The Morgan fingerprint density at radius 1 is 1.12 bits per heavy atom. The summed E-state index contributed by atoms with van der Waals surface area (Å²) in [6, 6.07) is 13.3. The van der Waals surface area contributed by atoms with E-state index in [1.165, 1.54) is 0 Å². The summed E-state index contributed by atoms with van der Waals surface area (Å²) < 4.78 is 6.14. The van der Waals surface area contributed by atoms with Gasteiger partial charge in [0.2, 0.25) is 0 Å². The van der Waals surface area contributed by atoms with Crippen LogP contribution in [0.1, 0.15) is 82.6 Å². The minimum absolute atomic E-state index is 0.222. The van der Waals surface area contributed by atoms with Crippen LogP contribution in [0.4, 0.5) is 10.5 Å². The zero-order chi connectivity index (χ0) is 24.9. The fourth-order valence-corrected chi connectivity index (χ4v) is 4.84. The molecule has 0 radical (unpaired) electrons. The van der Waals surface area contributed by atoms with Crippen molar-refractivity contribution >= 4 is 11.8 Å². The summed E-state index contributed by atoms with van der Waals surface area (Å²) in [6.07, 6.45) is 3.24. The van der Waals surface area contributed by atoms with E-state index in [2.05, 4.69) is 39.1 Å². The molecule has 1 aliphatic rings. The Bertz CT molecular complexity index is 982. The number of nitrogens with zero attached hydrogens (tertiary/aromatic N) is 1. The highest BCUT2D eigenvalue weighted by atomic mass is 16.6. The molecule has 0 saturated carbocycles. The van der Waals surface area contributed by atoms with Gasteiger partial charge in [-0.1, -0.05) is 51.0 Å². The number of aliphatic hydroxyl groups is 1. The molecule has 186 valence electrons. The lowest BCUT2D eigenvalue weighted by Gasteiger charge is -2.43. The molecule has 3 N–H and O–H groups in total. The molecule has 1 heterocycles. The lowest BCUT2D eigenvalue weighted by Crippen LogP contribution is -2.49. The minimum Gasteiger partial charge on any atom is -0.508 e. The number of para-hydroxylation sites is 1. The molecule has 1 atom stereocenters. The summed E-state index contributed by atoms with van der Waals surface area (Å²) >= 11 is 0. The van der Waals surface area contributed by atoms with Crippen LogP contribution in [-0.4, -0.2) is 34.9 Å². The average molecular weight is 469 g/mol. The van der Waals surface area contributed by atoms with Crippen molar-refractivity contribution in [2.24, 2.45) is 0 Å². The number of hydrogen-bond donors (Lipinski definition) is 3. The van der Waals surface area contributed by atoms with Crippen molar-refractivity contribution in [2.75, 3.05) is 18.0 Å². The zero-order valence-corrected chi connectivity index (χ0v) is 21.2. The van der Waals surface area contributed by atoms with E-state index in [0.29, 0.717) is 19.5 Å². The Balaban J connectivity index is 1.69. The molecular formula is C28H40N2O4. The maximum absolute atomic E-state index is 13.2. The molecule has 0 fully saturated rings. The summed E-state index contributed by atoms with van der Waals surface area (Å²) in [6.45, 7) is 11.1. The van der Waals surface area contributed by atoms with E-state index in [4.69, 9.17) is 4.74 Å². The maximum Gasteiger partial charge on any atom is 0.415 e. The van der Waals surface area contributed by atoms with Gasteiger partial charge in [-0.2, -0.15) is 0 Å². The first-order valence-electron chi connectivity index (χ1n) is 12.4. The van der Waals surface area contributed by atoms with Crippen molar-refractivity contribution in [3.8, 4) is 5.75 Å². The predicted octanol–water partition coefficient (Wildman–Crippen LogP) is 5.94. The third-order valence-corrected chi connectivity index (χ3v) is 6.84. The monoisotopic (exact) mass is 468 g/mol. The third-order valence-electron chi connectivity index (χ3n) is 6.84. The van der Waals surface area contributed by atoms with Gasteiger partial charge in [0.05, 0.1) is 11.8 Å². The standard InChI is InChI=1S/C28H40N2O4/c1-6-14-28(15-7-2)22-10-8-9-11-23(22)30(26(33)34-28)17-16-27(4,5)29-19-25(32)21-12-13-24(31)20(3)18-21/h8-13,18,25,29,31-32H,6-7,14-17,19H2,1-5H3. The highest BCUT2D eigenvalue weighted by Crippen LogP contribution is 2.45. The second kappa shape index (κ2) is 10.8. The number of anilines is 1. The van der Waals surface area contributed by atoms with Crippen LogP contribution in [0.2, 0.25) is 0 Å². The number of rotatable bonds is 11. The number of fused-ring (bicyclic) bond motifs is 1. The smallest absolute Gasteiger partial charge is 0.415 e. The molecule has 2 aromatic carbocycles. The van der Waals surface area contributed by atoms with Crippen LogP contribution in [0.5, 0.6) is 5.75 Å². The number of phenolic OH excluding ortho intramolecular Hbond substituents is 1. The number of phenols is 1. The Labute approximate surface area is 203 Å². The van der Waals surface area contributed by atoms with E-state index in [-0.39, 0.29) is 17.4 Å². The number of β-amino-alcohol motifs (C(OH)–C–C–N with tert-alkyl or cyclic N) is 1. The Morgan fingerprint density at radius 3 is 2.44 bits per heavy atom. The van der Waals surface area contributed by atoms with Gasteiger partial charge in [0.1, 0.15) is 11.4 Å². The molecule has 34 heavy (non-hydrogen) atoms. The number of carbonyl (C=O) groups excluding carboxylic acids is 1. The topological polar surface area (TPSA) is 82.0 Å². The van der Waals surface area contributed by atoms with Crippen LogP contribution in [0.25, 0.3) is 0 Å². The van der Waals surface area contributed by atoms with Gasteiger partial charge in [-0.3, -0.25) is 4.90 Å². The lowest BCUT2D eigenvalue weighted by molar-refractivity contribution is -0.00977. The van der Waals surface area contributed by atoms with Crippen LogP contribution in [0.15, 0.2) is 42.5 Å².